The average molecular weight is 239 g/mol. The molecule has 0 spiro atoms. The highest BCUT2D eigenvalue weighted by molar-refractivity contribution is 4.77. The molecule has 0 saturated heterocycles. The molecule has 2 fully saturated rings. The second kappa shape index (κ2) is 7.38. The van der Waals surface area contributed by atoms with E-state index < -0.39 is 0 Å². The van der Waals surface area contributed by atoms with Crippen LogP contribution >= 0.6 is 0 Å². The van der Waals surface area contributed by atoms with Gasteiger partial charge in [-0.2, -0.15) is 0 Å². The third-order valence-electron chi connectivity index (χ3n) is 4.70. The number of hydrogen-bond acceptors (Lipinski definition) is 2. The van der Waals surface area contributed by atoms with Crippen molar-refractivity contribution in [2.75, 3.05) is 13.7 Å². The zero-order valence-corrected chi connectivity index (χ0v) is 11.4. The minimum atomic E-state index is 0.534. The van der Waals surface area contributed by atoms with Gasteiger partial charge in [0.25, 0.3) is 0 Å². The first-order valence-electron chi connectivity index (χ1n) is 7.64. The van der Waals surface area contributed by atoms with E-state index in [0.717, 1.165) is 12.0 Å². The summed E-state index contributed by atoms with van der Waals surface area (Å²) in [7, 11) is 1.85. The van der Waals surface area contributed by atoms with Crippen molar-refractivity contribution in [3.8, 4) is 0 Å². The van der Waals surface area contributed by atoms with Crippen LogP contribution in [0.1, 0.15) is 64.2 Å². The molecule has 0 radical (unpaired) electrons. The fraction of sp³-hybridized carbons (Fsp3) is 1.00. The summed E-state index contributed by atoms with van der Waals surface area (Å²) >= 11 is 0. The minimum Gasteiger partial charge on any atom is -0.381 e. The van der Waals surface area contributed by atoms with Gasteiger partial charge in [-0.15, -0.1) is 0 Å². The Morgan fingerprint density at radius 3 is 2.35 bits per heavy atom. The molecule has 0 bridgehead atoms. The van der Waals surface area contributed by atoms with Crippen LogP contribution in [0.25, 0.3) is 0 Å². The Hall–Kier alpha value is -0.0800. The standard InChI is InChI=1S/C15H29NO/c1-17-15-10-8-14(9-11-15)16-12-4-7-13-5-2-3-6-13/h13-16H,2-12H2,1H3. The predicted molar refractivity (Wildman–Crippen MR) is 72.2 cm³/mol. The Balaban J connectivity index is 1.48. The smallest absolute Gasteiger partial charge is 0.0572 e. The van der Waals surface area contributed by atoms with Crippen molar-refractivity contribution in [3.63, 3.8) is 0 Å². The highest BCUT2D eigenvalue weighted by Gasteiger charge is 2.20. The molecule has 2 aliphatic carbocycles. The van der Waals surface area contributed by atoms with Crippen molar-refractivity contribution >= 4 is 0 Å². The first kappa shape index (κ1) is 13.4. The molecule has 0 aliphatic heterocycles. The molecular formula is C15H29NO. The quantitative estimate of drug-likeness (QED) is 0.716. The van der Waals surface area contributed by atoms with Crippen LogP contribution in [0, 0.1) is 5.92 Å². The summed E-state index contributed by atoms with van der Waals surface area (Å²) in [6.07, 6.45) is 14.5. The third-order valence-corrected chi connectivity index (χ3v) is 4.70. The van der Waals surface area contributed by atoms with E-state index in [0.29, 0.717) is 6.10 Å². The highest BCUT2D eigenvalue weighted by Crippen LogP contribution is 2.28. The lowest BCUT2D eigenvalue weighted by atomic mass is 9.93. The number of methoxy groups -OCH3 is 1. The van der Waals surface area contributed by atoms with Gasteiger partial charge in [0.1, 0.15) is 0 Å². The maximum absolute atomic E-state index is 5.40. The molecule has 2 saturated carbocycles. The zero-order chi connectivity index (χ0) is 11.9. The first-order valence-corrected chi connectivity index (χ1v) is 7.64. The van der Waals surface area contributed by atoms with Crippen LogP contribution < -0.4 is 5.32 Å². The van der Waals surface area contributed by atoms with Gasteiger partial charge in [0.2, 0.25) is 0 Å². The fourth-order valence-electron chi connectivity index (χ4n) is 3.50. The number of ether oxygens (including phenoxy) is 1. The van der Waals surface area contributed by atoms with Crippen molar-refractivity contribution in [2.24, 2.45) is 5.92 Å². The van der Waals surface area contributed by atoms with Crippen LogP contribution in [-0.4, -0.2) is 25.8 Å². The molecule has 100 valence electrons. The molecule has 0 amide bonds. The van der Waals surface area contributed by atoms with E-state index in [-0.39, 0.29) is 0 Å². The molecule has 2 heteroatoms. The number of hydrogen-bond donors (Lipinski definition) is 1. The van der Waals surface area contributed by atoms with Gasteiger partial charge in [-0.05, 0) is 51.0 Å². The summed E-state index contributed by atoms with van der Waals surface area (Å²) in [5.41, 5.74) is 0. The minimum absolute atomic E-state index is 0.534. The van der Waals surface area contributed by atoms with E-state index in [1.54, 1.807) is 0 Å². The molecule has 1 N–H and O–H groups in total. The Bertz CT molecular complexity index is 193. The van der Waals surface area contributed by atoms with Gasteiger partial charge in [0, 0.05) is 13.2 Å². The largest absolute Gasteiger partial charge is 0.381 e. The molecule has 0 unspecified atom stereocenters. The van der Waals surface area contributed by atoms with E-state index in [4.69, 9.17) is 4.74 Å². The normalized spacial score (nSPS) is 30.9. The van der Waals surface area contributed by atoms with E-state index in [9.17, 15) is 0 Å². The molecule has 0 aromatic rings. The summed E-state index contributed by atoms with van der Waals surface area (Å²) in [5.74, 6) is 1.06. The van der Waals surface area contributed by atoms with Gasteiger partial charge < -0.3 is 10.1 Å². The topological polar surface area (TPSA) is 21.3 Å². The molecule has 17 heavy (non-hydrogen) atoms. The summed E-state index contributed by atoms with van der Waals surface area (Å²) in [6, 6.07) is 0.768. The Morgan fingerprint density at radius 1 is 1.00 bits per heavy atom. The van der Waals surface area contributed by atoms with Crippen molar-refractivity contribution < 1.29 is 4.74 Å². The molecule has 0 atom stereocenters. The summed E-state index contributed by atoms with van der Waals surface area (Å²) < 4.78 is 5.40. The average Bonchev–Trinajstić information content (AvgIpc) is 2.88. The fourth-order valence-corrected chi connectivity index (χ4v) is 3.50. The lowest BCUT2D eigenvalue weighted by Crippen LogP contribution is -2.35. The van der Waals surface area contributed by atoms with Gasteiger partial charge in [0.05, 0.1) is 6.10 Å². The molecule has 2 aliphatic rings. The number of rotatable bonds is 6. The Morgan fingerprint density at radius 2 is 1.71 bits per heavy atom. The van der Waals surface area contributed by atoms with E-state index in [1.165, 1.54) is 70.8 Å². The van der Waals surface area contributed by atoms with Crippen LogP contribution in [0.15, 0.2) is 0 Å². The van der Waals surface area contributed by atoms with Crippen molar-refractivity contribution in [1.29, 1.82) is 0 Å². The Labute approximate surface area is 107 Å². The predicted octanol–water partition coefficient (Wildman–Crippen LogP) is 3.50. The van der Waals surface area contributed by atoms with Gasteiger partial charge in [-0.3, -0.25) is 0 Å². The van der Waals surface area contributed by atoms with Crippen molar-refractivity contribution in [1.82, 2.24) is 5.32 Å². The Kier molecular flexibility index (Phi) is 5.79. The third kappa shape index (κ3) is 4.59. The maximum Gasteiger partial charge on any atom is 0.0572 e. The monoisotopic (exact) mass is 239 g/mol. The highest BCUT2D eigenvalue weighted by atomic mass is 16.5. The lowest BCUT2D eigenvalue weighted by Gasteiger charge is -2.28. The first-order chi connectivity index (χ1) is 8.38. The zero-order valence-electron chi connectivity index (χ0n) is 11.4. The van der Waals surface area contributed by atoms with Gasteiger partial charge in [0.15, 0.2) is 0 Å². The molecule has 0 aromatic heterocycles. The molecular weight excluding hydrogens is 210 g/mol. The second-order valence-electron chi connectivity index (χ2n) is 5.96. The van der Waals surface area contributed by atoms with Crippen LogP contribution in [0.4, 0.5) is 0 Å². The van der Waals surface area contributed by atoms with Crippen LogP contribution in [0.3, 0.4) is 0 Å². The van der Waals surface area contributed by atoms with Crippen LogP contribution in [0.2, 0.25) is 0 Å². The summed E-state index contributed by atoms with van der Waals surface area (Å²) in [5, 5.41) is 3.73. The molecule has 2 nitrogen and oxygen atoms in total. The van der Waals surface area contributed by atoms with Gasteiger partial charge in [-0.1, -0.05) is 25.7 Å². The van der Waals surface area contributed by atoms with Gasteiger partial charge in [-0.25, -0.2) is 0 Å². The molecule has 0 aromatic carbocycles. The van der Waals surface area contributed by atoms with Crippen molar-refractivity contribution in [2.45, 2.75) is 76.4 Å². The van der Waals surface area contributed by atoms with E-state index >= 15 is 0 Å². The molecule has 2 rings (SSSR count). The lowest BCUT2D eigenvalue weighted by molar-refractivity contribution is 0.0625. The van der Waals surface area contributed by atoms with Gasteiger partial charge >= 0.3 is 0 Å². The summed E-state index contributed by atoms with van der Waals surface area (Å²) in [6.45, 7) is 1.23. The second-order valence-corrected chi connectivity index (χ2v) is 5.96. The van der Waals surface area contributed by atoms with E-state index in [2.05, 4.69) is 5.32 Å². The van der Waals surface area contributed by atoms with Crippen molar-refractivity contribution in [3.05, 3.63) is 0 Å². The van der Waals surface area contributed by atoms with E-state index in [1.807, 2.05) is 7.11 Å². The summed E-state index contributed by atoms with van der Waals surface area (Å²) in [4.78, 5) is 0. The maximum atomic E-state index is 5.40. The SMILES string of the molecule is COC1CCC(NCCCC2CCCC2)CC1. The van der Waals surface area contributed by atoms with Crippen LogP contribution in [0.5, 0.6) is 0 Å². The van der Waals surface area contributed by atoms with Crippen LogP contribution in [-0.2, 0) is 4.74 Å². The number of nitrogens with one attached hydrogen (secondary N) is 1. The molecule has 0 heterocycles.